The number of benzene rings is 3. The van der Waals surface area contributed by atoms with Crippen LogP contribution < -0.4 is 5.73 Å². The molecule has 2 bridgehead atoms. The SMILES string of the molecule is C[C@@H]1[C@H](O)[C@@H](C)/C=C/C=C/C=C/C=C/C=C/C=C/C=C/[C@H](O[C@@H]2O[C@H](C)[C@@H](O)[C@H](N)[C@@H]2O)C[C@@H]2O[C@](O)(C[C@@H](O)C[C@@H](O)[C@H](O)CC[C@@H](O)C[C@@H](O)CC(=O)O[C@H]1C)C[C@H](O)[C@H]2C(=O)O.O=C(O)c1ccc(-n2nc(-c3ccccc3O)nc2-c2ccccc2O)cc1. The molecule has 25 nitrogen and oxygen atoms in total. The predicted octanol–water partition coefficient (Wildman–Crippen LogP) is 4.42. The maximum atomic E-state index is 12.6. The number of aliphatic hydroxyl groups is 10. The largest absolute Gasteiger partial charge is 0.507 e. The molecule has 0 radical (unpaired) electrons. The topological polar surface area (TPSA) is 428 Å². The van der Waals surface area contributed by atoms with E-state index >= 15 is 0 Å². The lowest BCUT2D eigenvalue weighted by atomic mass is 9.82. The summed E-state index contributed by atoms with van der Waals surface area (Å²) in [4.78, 5) is 40.7. The summed E-state index contributed by atoms with van der Waals surface area (Å²) in [5.41, 5.74) is 7.63. The number of phenols is 2. The van der Waals surface area contributed by atoms with Crippen molar-refractivity contribution in [2.75, 3.05) is 0 Å². The van der Waals surface area contributed by atoms with Gasteiger partial charge in [-0.1, -0.05) is 123 Å². The average molecular weight is 1300 g/mol. The minimum atomic E-state index is -2.33. The van der Waals surface area contributed by atoms with Crippen molar-refractivity contribution in [3.63, 3.8) is 0 Å². The lowest BCUT2D eigenvalue weighted by Crippen LogP contribution is -2.61. The van der Waals surface area contributed by atoms with Gasteiger partial charge in [-0.05, 0) is 81.6 Å². The van der Waals surface area contributed by atoms with E-state index in [9.17, 15) is 80.8 Å². The summed E-state index contributed by atoms with van der Waals surface area (Å²) >= 11 is 0. The number of carbonyl (C=O) groups excluding carboxylic acids is 1. The molecule has 16 N–H and O–H groups in total. The first-order chi connectivity index (χ1) is 44.2. The van der Waals surface area contributed by atoms with Crippen LogP contribution in [0.5, 0.6) is 11.5 Å². The zero-order valence-corrected chi connectivity index (χ0v) is 52.1. The number of hydrogen-bond donors (Lipinski definition) is 15. The van der Waals surface area contributed by atoms with Crippen LogP contribution in [0.3, 0.4) is 0 Å². The Bertz CT molecular complexity index is 3260. The molecule has 4 heterocycles. The summed E-state index contributed by atoms with van der Waals surface area (Å²) < 4.78 is 24.6. The Kier molecular flexibility index (Phi) is 28.5. The lowest BCUT2D eigenvalue weighted by Gasteiger charge is -2.45. The molecule has 1 aromatic heterocycles. The highest BCUT2D eigenvalue weighted by Gasteiger charge is 2.51. The molecule has 0 unspecified atom stereocenters. The summed E-state index contributed by atoms with van der Waals surface area (Å²) in [6, 6.07) is 18.4. The number of aliphatic carboxylic acids is 1. The number of para-hydroxylation sites is 2. The molecule has 2 saturated heterocycles. The summed E-state index contributed by atoms with van der Waals surface area (Å²) in [5.74, 6) is -7.16. The van der Waals surface area contributed by atoms with E-state index in [-0.39, 0.29) is 54.5 Å². The van der Waals surface area contributed by atoms with Gasteiger partial charge in [-0.2, -0.15) is 0 Å². The quantitative estimate of drug-likeness (QED) is 0.114. The second kappa shape index (κ2) is 35.6. The molecule has 0 aliphatic carbocycles. The third-order valence-corrected chi connectivity index (χ3v) is 16.3. The second-order valence-corrected chi connectivity index (χ2v) is 23.6. The Morgan fingerprint density at radius 2 is 1.19 bits per heavy atom. The molecule has 0 saturated carbocycles. The predicted molar refractivity (Wildman–Crippen MR) is 340 cm³/mol. The first-order valence-corrected chi connectivity index (χ1v) is 30.7. The number of aliphatic hydroxyl groups excluding tert-OH is 9. The van der Waals surface area contributed by atoms with E-state index in [1.807, 2.05) is 19.1 Å². The molecule has 25 heteroatoms. The number of esters is 1. The number of rotatable bonds is 7. The number of aromatic hydroxyl groups is 2. The van der Waals surface area contributed by atoms with E-state index in [1.54, 1.807) is 135 Å². The third-order valence-electron chi connectivity index (χ3n) is 16.3. The van der Waals surface area contributed by atoms with Gasteiger partial charge in [0, 0.05) is 37.5 Å². The number of cyclic esters (lactones) is 1. The number of nitrogens with zero attached hydrogens (tertiary/aromatic N) is 3. The first-order valence-electron chi connectivity index (χ1n) is 30.7. The van der Waals surface area contributed by atoms with Crippen LogP contribution in [-0.2, 0) is 28.5 Å². The maximum absolute atomic E-state index is 12.6. The number of carboxylic acid groups (broad SMARTS) is 2. The Morgan fingerprint density at radius 3 is 1.77 bits per heavy atom. The van der Waals surface area contributed by atoms with Crippen LogP contribution in [-0.4, -0.2) is 202 Å². The van der Waals surface area contributed by atoms with Crippen molar-refractivity contribution in [1.82, 2.24) is 14.8 Å². The van der Waals surface area contributed by atoms with Crippen LogP contribution in [0.25, 0.3) is 28.5 Å². The number of carbonyl (C=O) groups is 3. The fourth-order valence-corrected chi connectivity index (χ4v) is 10.8. The average Bonchev–Trinajstić information content (AvgIpc) is 1.78. The van der Waals surface area contributed by atoms with Crippen molar-refractivity contribution in [1.29, 1.82) is 0 Å². The van der Waals surface area contributed by atoms with Gasteiger partial charge in [-0.25, -0.2) is 14.5 Å². The summed E-state index contributed by atoms with van der Waals surface area (Å²) in [6.07, 6.45) is 3.46. The van der Waals surface area contributed by atoms with Gasteiger partial charge in [0.05, 0.1) is 102 Å². The van der Waals surface area contributed by atoms with Crippen LogP contribution in [0.2, 0.25) is 0 Å². The van der Waals surface area contributed by atoms with Gasteiger partial charge in [0.2, 0.25) is 0 Å². The minimum Gasteiger partial charge on any atom is -0.507 e. The van der Waals surface area contributed by atoms with Crippen LogP contribution in [0.1, 0.15) is 89.4 Å². The smallest absolute Gasteiger partial charge is 0.335 e. The number of carboxylic acids is 2. The summed E-state index contributed by atoms with van der Waals surface area (Å²) in [6.45, 7) is 6.74. The van der Waals surface area contributed by atoms with Crippen LogP contribution >= 0.6 is 0 Å². The molecule has 3 aliphatic rings. The molecule has 2 fully saturated rings. The Hall–Kier alpha value is -7.57. The van der Waals surface area contributed by atoms with Crippen molar-refractivity contribution in [3.05, 3.63) is 163 Å². The summed E-state index contributed by atoms with van der Waals surface area (Å²) in [5, 5.41) is 152. The monoisotopic (exact) mass is 1300 g/mol. The Labute approximate surface area is 539 Å². The van der Waals surface area contributed by atoms with Crippen LogP contribution in [0.4, 0.5) is 0 Å². The van der Waals surface area contributed by atoms with Crippen molar-refractivity contribution >= 4 is 17.9 Å². The van der Waals surface area contributed by atoms with E-state index in [1.165, 1.54) is 35.9 Å². The van der Waals surface area contributed by atoms with Crippen molar-refractivity contribution < 1.29 is 105 Å². The van der Waals surface area contributed by atoms with Gasteiger partial charge < -0.3 is 96.2 Å². The Morgan fingerprint density at radius 1 is 0.624 bits per heavy atom. The van der Waals surface area contributed by atoms with Gasteiger partial charge in [-0.15, -0.1) is 5.10 Å². The fraction of sp³-hybridized carbons (Fsp3) is 0.456. The first kappa shape index (κ1) is 74.5. The molecule has 19 atom stereocenters. The molecular formula is C68H88N4O21. The molecule has 93 heavy (non-hydrogen) atoms. The molecule has 4 aromatic rings. The highest BCUT2D eigenvalue weighted by molar-refractivity contribution is 5.87. The van der Waals surface area contributed by atoms with E-state index < -0.39 is 153 Å². The van der Waals surface area contributed by atoms with Gasteiger partial charge >= 0.3 is 17.9 Å². The normalized spacial score (nSPS) is 35.0. The number of aromatic nitrogens is 3. The van der Waals surface area contributed by atoms with Crippen LogP contribution in [0.15, 0.2) is 158 Å². The van der Waals surface area contributed by atoms with Crippen molar-refractivity contribution in [2.24, 2.45) is 23.5 Å². The van der Waals surface area contributed by atoms with Crippen LogP contribution in [0, 0.1) is 17.8 Å². The number of ether oxygens (including phenoxy) is 4. The molecule has 506 valence electrons. The van der Waals surface area contributed by atoms with E-state index in [0.717, 1.165) is 0 Å². The van der Waals surface area contributed by atoms with Gasteiger partial charge in [0.1, 0.15) is 29.6 Å². The standard InChI is InChI=1S/C47H73NO17.C21H15N3O4/c1-27-17-15-13-11-9-7-5-6-8-10-12-14-16-18-34(64-46-44(58)41(48)43(57)30(4)63-46)24-38-40(45(59)60)37(54)26-47(61,65-38)25-33(51)22-36(53)35(52)20-19-31(49)21-32(50)23-39(55)62-29(3)28(2)42(27)56;25-17-7-3-1-5-15(17)19-22-20(16-6-2-4-8-18(16)26)24(23-19)14-11-9-13(10-12-14)21(27)28/h5-18,27-38,40-44,46,49-54,56-58,61H,19-26,48H2,1-4H3,(H,59,60);1-12,25-26H,(H,27,28)/b6-5+,9-7+,10-8+,13-11+,14-12+,17-15+,18-16+;/t27-,28-,29-,30+,31+,32+,33-,34-,35+,36+,37-,38-,40+,41-,42+,43+,44-,46-,47+;/m0./s1. The molecule has 7 rings (SSSR count). The third kappa shape index (κ3) is 22.0. The van der Waals surface area contributed by atoms with Crippen molar-refractivity contribution in [2.45, 2.75) is 177 Å². The van der Waals surface area contributed by atoms with E-state index in [4.69, 9.17) is 29.8 Å². The molecule has 0 amide bonds. The highest BCUT2D eigenvalue weighted by Crippen LogP contribution is 2.39. The number of allylic oxidation sites excluding steroid dienone is 12. The molecule has 0 spiro atoms. The molecule has 3 aliphatic heterocycles. The van der Waals surface area contributed by atoms with Crippen molar-refractivity contribution in [3.8, 4) is 40.0 Å². The number of aromatic carboxylic acids is 1. The van der Waals surface area contributed by atoms with Gasteiger partial charge in [0.15, 0.2) is 23.7 Å². The van der Waals surface area contributed by atoms with Gasteiger partial charge in [-0.3, -0.25) is 9.59 Å². The zero-order valence-electron chi connectivity index (χ0n) is 52.1. The summed E-state index contributed by atoms with van der Waals surface area (Å²) in [7, 11) is 0. The molecular weight excluding hydrogens is 1210 g/mol. The van der Waals surface area contributed by atoms with Gasteiger partial charge in [0.25, 0.3) is 0 Å². The highest BCUT2D eigenvalue weighted by atomic mass is 16.7. The second-order valence-electron chi connectivity index (χ2n) is 23.6. The number of hydrogen-bond acceptors (Lipinski definition) is 22. The van der Waals surface area contributed by atoms with E-state index in [0.29, 0.717) is 22.6 Å². The number of nitrogens with two attached hydrogens (primary N) is 1. The maximum Gasteiger partial charge on any atom is 0.335 e. The number of phenolic OH excluding ortho intramolecular Hbond substituents is 2. The Balaban J connectivity index is 0.000000402. The lowest BCUT2D eigenvalue weighted by molar-refractivity contribution is -0.308. The van der Waals surface area contributed by atoms with E-state index in [2.05, 4.69) is 10.1 Å². The molecule has 3 aromatic carbocycles. The fourth-order valence-electron chi connectivity index (χ4n) is 10.8. The minimum absolute atomic E-state index is 0.0298. The zero-order chi connectivity index (χ0) is 68.1. The number of fused-ring (bicyclic) bond motifs is 2.